The summed E-state index contributed by atoms with van der Waals surface area (Å²) in [7, 11) is 0. The number of amides is 1. The minimum Gasteiger partial charge on any atom is -0.350 e. The second-order valence-corrected chi connectivity index (χ2v) is 7.08. The van der Waals surface area contributed by atoms with Crippen molar-refractivity contribution in [3.63, 3.8) is 0 Å². The van der Waals surface area contributed by atoms with Crippen LogP contribution in [-0.4, -0.2) is 22.6 Å². The molecule has 0 radical (unpaired) electrons. The molecule has 2 N–H and O–H groups in total. The lowest BCUT2D eigenvalue weighted by Crippen LogP contribution is -2.35. The molecule has 0 spiro atoms. The van der Waals surface area contributed by atoms with Crippen molar-refractivity contribution in [2.45, 2.75) is 25.8 Å². The second-order valence-electron chi connectivity index (χ2n) is 6.04. The number of benzene rings is 2. The van der Waals surface area contributed by atoms with Crippen molar-refractivity contribution >= 4 is 38.3 Å². The number of hydrazone groups is 1. The predicted octanol–water partition coefficient (Wildman–Crippen LogP) is 3.56. The summed E-state index contributed by atoms with van der Waals surface area (Å²) in [5, 5.41) is 8.22. The number of carbonyl (C=O) groups is 1. The van der Waals surface area contributed by atoms with E-state index in [1.165, 1.54) is 16.9 Å². The van der Waals surface area contributed by atoms with Crippen LogP contribution in [0.3, 0.4) is 0 Å². The molecule has 0 fully saturated rings. The van der Waals surface area contributed by atoms with Gasteiger partial charge in [0.05, 0.1) is 15.9 Å². The summed E-state index contributed by atoms with van der Waals surface area (Å²) in [6.45, 7) is 1.81. The summed E-state index contributed by atoms with van der Waals surface area (Å²) in [6, 6.07) is 15.7. The van der Waals surface area contributed by atoms with Gasteiger partial charge in [0.15, 0.2) is 5.13 Å². The fourth-order valence-corrected chi connectivity index (χ4v) is 3.88. The molecule has 1 aliphatic rings. The molecule has 0 aliphatic heterocycles. The third-order valence-electron chi connectivity index (χ3n) is 4.29. The standard InChI is InChI=1S/C19H18N4OS/c1-12(20-19-21-16-8-4-5-9-17(16)25-19)18(24)23-22-15-11-10-13-6-2-3-7-14(13)15/h2-9,12H,10-11H2,1H3,(H,20,21)(H,23,24)/b22-15+/t12-/m0/s1. The number of anilines is 1. The van der Waals surface area contributed by atoms with E-state index >= 15 is 0 Å². The molecule has 4 rings (SSSR count). The van der Waals surface area contributed by atoms with Gasteiger partial charge in [-0.1, -0.05) is 47.7 Å². The van der Waals surface area contributed by atoms with E-state index in [1.54, 1.807) is 0 Å². The molecule has 126 valence electrons. The first kappa shape index (κ1) is 15.8. The van der Waals surface area contributed by atoms with Crippen molar-refractivity contribution in [3.05, 3.63) is 59.7 Å². The molecule has 5 nitrogen and oxygen atoms in total. The smallest absolute Gasteiger partial charge is 0.262 e. The first-order valence-corrected chi connectivity index (χ1v) is 9.09. The Morgan fingerprint density at radius 3 is 2.84 bits per heavy atom. The first-order chi connectivity index (χ1) is 12.2. The van der Waals surface area contributed by atoms with Gasteiger partial charge in [-0.15, -0.1) is 0 Å². The third kappa shape index (κ3) is 3.25. The molecule has 1 aliphatic carbocycles. The van der Waals surface area contributed by atoms with Gasteiger partial charge in [-0.3, -0.25) is 4.79 Å². The molecule has 1 aromatic heterocycles. The van der Waals surface area contributed by atoms with Gasteiger partial charge in [-0.2, -0.15) is 5.10 Å². The number of carbonyl (C=O) groups excluding carboxylic acids is 1. The summed E-state index contributed by atoms with van der Waals surface area (Å²) in [5.41, 5.74) is 6.98. The molecule has 1 amide bonds. The lowest BCUT2D eigenvalue weighted by Gasteiger charge is -2.11. The van der Waals surface area contributed by atoms with Crippen LogP contribution in [0.4, 0.5) is 5.13 Å². The maximum absolute atomic E-state index is 12.3. The zero-order valence-electron chi connectivity index (χ0n) is 13.8. The van der Waals surface area contributed by atoms with Gasteiger partial charge < -0.3 is 5.32 Å². The molecule has 3 aromatic rings. The lowest BCUT2D eigenvalue weighted by atomic mass is 10.1. The van der Waals surface area contributed by atoms with Crippen LogP contribution in [0, 0.1) is 0 Å². The van der Waals surface area contributed by atoms with Gasteiger partial charge in [-0.05, 0) is 37.5 Å². The van der Waals surface area contributed by atoms with Crippen LogP contribution in [0.5, 0.6) is 0 Å². The van der Waals surface area contributed by atoms with Gasteiger partial charge in [0.2, 0.25) is 0 Å². The number of fused-ring (bicyclic) bond motifs is 2. The quantitative estimate of drug-likeness (QED) is 0.707. The van der Waals surface area contributed by atoms with E-state index in [-0.39, 0.29) is 5.91 Å². The molecule has 2 aromatic carbocycles. The zero-order valence-corrected chi connectivity index (χ0v) is 14.6. The highest BCUT2D eigenvalue weighted by atomic mass is 32.1. The van der Waals surface area contributed by atoms with E-state index in [1.807, 2.05) is 43.3 Å². The van der Waals surface area contributed by atoms with Crippen LogP contribution < -0.4 is 10.7 Å². The minimum atomic E-state index is -0.415. The molecule has 0 unspecified atom stereocenters. The summed E-state index contributed by atoms with van der Waals surface area (Å²) in [5.74, 6) is -0.170. The van der Waals surface area contributed by atoms with E-state index < -0.39 is 6.04 Å². The molecule has 0 saturated carbocycles. The molecule has 0 bridgehead atoms. The van der Waals surface area contributed by atoms with Crippen molar-refractivity contribution < 1.29 is 4.79 Å². The van der Waals surface area contributed by atoms with E-state index in [2.05, 4.69) is 33.0 Å². The van der Waals surface area contributed by atoms with Crippen molar-refractivity contribution in [2.75, 3.05) is 5.32 Å². The number of hydrogen-bond donors (Lipinski definition) is 2. The normalized spacial score (nSPS) is 16.0. The minimum absolute atomic E-state index is 0.170. The number of nitrogens with zero attached hydrogens (tertiary/aromatic N) is 2. The number of nitrogens with one attached hydrogen (secondary N) is 2. The van der Waals surface area contributed by atoms with Gasteiger partial charge in [0.1, 0.15) is 6.04 Å². The summed E-state index contributed by atoms with van der Waals surface area (Å²) in [4.78, 5) is 16.8. The molecule has 6 heteroatoms. The highest BCUT2D eigenvalue weighted by Crippen LogP contribution is 2.26. The Labute approximate surface area is 149 Å². The van der Waals surface area contributed by atoms with Crippen LogP contribution in [0.25, 0.3) is 10.2 Å². The molecular weight excluding hydrogens is 332 g/mol. The maximum atomic E-state index is 12.3. The van der Waals surface area contributed by atoms with Crippen molar-refractivity contribution in [1.29, 1.82) is 0 Å². The summed E-state index contributed by atoms with van der Waals surface area (Å²) in [6.07, 6.45) is 1.84. The summed E-state index contributed by atoms with van der Waals surface area (Å²) >= 11 is 1.54. The van der Waals surface area contributed by atoms with Crippen molar-refractivity contribution in [1.82, 2.24) is 10.4 Å². The molecule has 1 atom stereocenters. The van der Waals surface area contributed by atoms with Crippen molar-refractivity contribution in [2.24, 2.45) is 5.10 Å². The number of aromatic nitrogens is 1. The topological polar surface area (TPSA) is 66.4 Å². The number of rotatable bonds is 4. The maximum Gasteiger partial charge on any atom is 0.262 e. The Balaban J connectivity index is 1.42. The second kappa shape index (κ2) is 6.64. The zero-order chi connectivity index (χ0) is 17.2. The molecule has 25 heavy (non-hydrogen) atoms. The monoisotopic (exact) mass is 350 g/mol. The van der Waals surface area contributed by atoms with Gasteiger partial charge in [0.25, 0.3) is 5.91 Å². The Morgan fingerprint density at radius 1 is 1.16 bits per heavy atom. The number of aryl methyl sites for hydroxylation is 1. The van der Waals surface area contributed by atoms with Crippen molar-refractivity contribution in [3.8, 4) is 0 Å². The van der Waals surface area contributed by atoms with Crippen LogP contribution >= 0.6 is 11.3 Å². The highest BCUT2D eigenvalue weighted by Gasteiger charge is 2.18. The Hall–Kier alpha value is -2.73. The van der Waals surface area contributed by atoms with E-state index in [4.69, 9.17) is 0 Å². The number of thiazole rings is 1. The predicted molar refractivity (Wildman–Crippen MR) is 102 cm³/mol. The van der Waals surface area contributed by atoms with Gasteiger partial charge in [0, 0.05) is 5.56 Å². The fourth-order valence-electron chi connectivity index (χ4n) is 2.93. The average Bonchev–Trinajstić information content (AvgIpc) is 3.22. The van der Waals surface area contributed by atoms with Crippen LogP contribution in [0.1, 0.15) is 24.5 Å². The Morgan fingerprint density at radius 2 is 1.96 bits per heavy atom. The van der Waals surface area contributed by atoms with Crippen LogP contribution in [0.2, 0.25) is 0 Å². The summed E-state index contributed by atoms with van der Waals surface area (Å²) < 4.78 is 1.10. The number of hydrogen-bond acceptors (Lipinski definition) is 5. The molecular formula is C19H18N4OS. The average molecular weight is 350 g/mol. The molecule has 1 heterocycles. The largest absolute Gasteiger partial charge is 0.350 e. The Bertz CT molecular complexity index is 930. The SMILES string of the molecule is C[C@H](Nc1nc2ccccc2s1)C(=O)N/N=C1\CCc2ccccc21. The third-order valence-corrected chi connectivity index (χ3v) is 5.26. The van der Waals surface area contributed by atoms with E-state index in [0.29, 0.717) is 0 Å². The van der Waals surface area contributed by atoms with Gasteiger partial charge in [-0.25, -0.2) is 10.4 Å². The Kier molecular flexibility index (Phi) is 4.19. The highest BCUT2D eigenvalue weighted by molar-refractivity contribution is 7.22. The first-order valence-electron chi connectivity index (χ1n) is 8.27. The van der Waals surface area contributed by atoms with E-state index in [0.717, 1.165) is 39.5 Å². The molecule has 0 saturated heterocycles. The van der Waals surface area contributed by atoms with Crippen LogP contribution in [-0.2, 0) is 11.2 Å². The lowest BCUT2D eigenvalue weighted by molar-refractivity contribution is -0.121. The fraction of sp³-hybridized carbons (Fsp3) is 0.211. The van der Waals surface area contributed by atoms with Crippen LogP contribution in [0.15, 0.2) is 53.6 Å². The van der Waals surface area contributed by atoms with Gasteiger partial charge >= 0.3 is 0 Å². The van der Waals surface area contributed by atoms with E-state index in [9.17, 15) is 4.79 Å². The number of para-hydroxylation sites is 1.